The fourth-order valence-electron chi connectivity index (χ4n) is 3.36. The van der Waals surface area contributed by atoms with E-state index in [9.17, 15) is 14.9 Å². The van der Waals surface area contributed by atoms with Gasteiger partial charge in [0.15, 0.2) is 0 Å². The predicted molar refractivity (Wildman–Crippen MR) is 121 cm³/mol. The number of piperidine rings is 1. The molecule has 0 aliphatic carbocycles. The van der Waals surface area contributed by atoms with Crippen LogP contribution in [-0.2, 0) is 0 Å². The third kappa shape index (κ3) is 6.54. The van der Waals surface area contributed by atoms with Gasteiger partial charge in [0.1, 0.15) is 5.75 Å². The van der Waals surface area contributed by atoms with Crippen LogP contribution in [0.15, 0.2) is 54.1 Å². The molecular formula is C23H26ClN3O4. The van der Waals surface area contributed by atoms with Gasteiger partial charge in [0.25, 0.3) is 5.91 Å². The molecule has 8 heteroatoms. The monoisotopic (exact) mass is 443 g/mol. The lowest BCUT2D eigenvalue weighted by molar-refractivity contribution is -0.385. The maximum absolute atomic E-state index is 12.6. The number of nitrogens with zero attached hydrogens (tertiary/aromatic N) is 2. The van der Waals surface area contributed by atoms with Crippen LogP contribution in [0.5, 0.6) is 11.5 Å². The Labute approximate surface area is 186 Å². The number of nitro groups is 1. The summed E-state index contributed by atoms with van der Waals surface area (Å²) in [5, 5.41) is 14.5. The summed E-state index contributed by atoms with van der Waals surface area (Å²) in [6.45, 7) is 7.07. The van der Waals surface area contributed by atoms with E-state index in [1.54, 1.807) is 24.3 Å². The number of hydrogen-bond donors (Lipinski definition) is 1. The van der Waals surface area contributed by atoms with Crippen molar-refractivity contribution >= 4 is 23.2 Å². The number of ether oxygens (including phenoxy) is 1. The number of hydrogen-bond acceptors (Lipinski definition) is 5. The maximum atomic E-state index is 12.6. The molecule has 1 aliphatic heterocycles. The van der Waals surface area contributed by atoms with Gasteiger partial charge in [0.05, 0.1) is 4.92 Å². The minimum atomic E-state index is -0.548. The molecule has 7 nitrogen and oxygen atoms in total. The van der Waals surface area contributed by atoms with E-state index >= 15 is 0 Å². The number of amides is 1. The van der Waals surface area contributed by atoms with E-state index in [1.807, 2.05) is 0 Å². The van der Waals surface area contributed by atoms with Crippen molar-refractivity contribution in [2.45, 2.75) is 32.7 Å². The minimum Gasteiger partial charge on any atom is -0.450 e. The number of carbonyl (C=O) groups excluding carboxylic acids is 1. The molecule has 2 aromatic carbocycles. The van der Waals surface area contributed by atoms with Crippen molar-refractivity contribution in [3.63, 3.8) is 0 Å². The van der Waals surface area contributed by atoms with E-state index in [0.29, 0.717) is 11.3 Å². The van der Waals surface area contributed by atoms with Gasteiger partial charge in [-0.05, 0) is 63.1 Å². The summed E-state index contributed by atoms with van der Waals surface area (Å²) in [6, 6.07) is 10.9. The average molecular weight is 444 g/mol. The highest BCUT2D eigenvalue weighted by atomic mass is 35.5. The molecule has 2 aromatic rings. The third-order valence-electron chi connectivity index (χ3n) is 5.14. The number of likely N-dealkylation sites (tertiary alicyclic amines) is 1. The zero-order valence-electron chi connectivity index (χ0n) is 17.6. The Balaban J connectivity index is 1.55. The minimum absolute atomic E-state index is 0.0893. The van der Waals surface area contributed by atoms with Gasteiger partial charge in [-0.1, -0.05) is 23.3 Å². The van der Waals surface area contributed by atoms with Crippen molar-refractivity contribution < 1.29 is 14.5 Å². The van der Waals surface area contributed by atoms with E-state index in [-0.39, 0.29) is 28.4 Å². The standard InChI is InChI=1S/C23H26ClN3O4/c1-16(2)9-12-26-13-10-19(11-14-26)25-23(28)17-3-6-20(7-4-17)31-22-8-5-18(24)15-21(22)27(29)30/h3-9,15,19H,10-14H2,1-2H3,(H,25,28). The summed E-state index contributed by atoms with van der Waals surface area (Å²) < 4.78 is 5.62. The van der Waals surface area contributed by atoms with Crippen molar-refractivity contribution in [1.82, 2.24) is 10.2 Å². The maximum Gasteiger partial charge on any atom is 0.313 e. The van der Waals surface area contributed by atoms with Crippen molar-refractivity contribution in [1.29, 1.82) is 0 Å². The van der Waals surface area contributed by atoms with Crippen molar-refractivity contribution in [3.05, 3.63) is 74.8 Å². The smallest absolute Gasteiger partial charge is 0.313 e. The van der Waals surface area contributed by atoms with Crippen LogP contribution in [0.25, 0.3) is 0 Å². The van der Waals surface area contributed by atoms with Gasteiger partial charge in [-0.15, -0.1) is 0 Å². The summed E-state index contributed by atoms with van der Waals surface area (Å²) in [4.78, 5) is 25.6. The second-order valence-corrected chi connectivity index (χ2v) is 8.26. The first-order valence-electron chi connectivity index (χ1n) is 10.2. The molecular weight excluding hydrogens is 418 g/mol. The van der Waals surface area contributed by atoms with Crippen LogP contribution in [-0.4, -0.2) is 41.4 Å². The number of nitro benzene ring substituents is 1. The third-order valence-corrected chi connectivity index (χ3v) is 5.38. The fourth-order valence-corrected chi connectivity index (χ4v) is 3.53. The van der Waals surface area contributed by atoms with Crippen LogP contribution in [0.3, 0.4) is 0 Å². The van der Waals surface area contributed by atoms with Crippen molar-refractivity contribution in [2.24, 2.45) is 0 Å². The van der Waals surface area contributed by atoms with Crippen LogP contribution in [0, 0.1) is 10.1 Å². The molecule has 3 rings (SSSR count). The zero-order valence-corrected chi connectivity index (χ0v) is 18.4. The molecule has 164 valence electrons. The molecule has 31 heavy (non-hydrogen) atoms. The number of carbonyl (C=O) groups is 1. The topological polar surface area (TPSA) is 84.7 Å². The lowest BCUT2D eigenvalue weighted by atomic mass is 10.0. The van der Waals surface area contributed by atoms with E-state index in [1.165, 1.54) is 23.8 Å². The molecule has 1 heterocycles. The van der Waals surface area contributed by atoms with Crippen LogP contribution in [0.2, 0.25) is 5.02 Å². The highest BCUT2D eigenvalue weighted by molar-refractivity contribution is 6.30. The molecule has 0 unspecified atom stereocenters. The molecule has 1 saturated heterocycles. The lowest BCUT2D eigenvalue weighted by Crippen LogP contribution is -2.44. The Morgan fingerprint density at radius 3 is 2.52 bits per heavy atom. The zero-order chi connectivity index (χ0) is 22.4. The van der Waals surface area contributed by atoms with Gasteiger partial charge in [0, 0.05) is 42.3 Å². The number of benzene rings is 2. The molecule has 0 aromatic heterocycles. The van der Waals surface area contributed by atoms with E-state index < -0.39 is 4.92 Å². The van der Waals surface area contributed by atoms with Crippen LogP contribution in [0.4, 0.5) is 5.69 Å². The highest BCUT2D eigenvalue weighted by Crippen LogP contribution is 2.33. The predicted octanol–water partition coefficient (Wildman–Crippen LogP) is 5.20. The lowest BCUT2D eigenvalue weighted by Gasteiger charge is -2.31. The van der Waals surface area contributed by atoms with E-state index in [4.69, 9.17) is 16.3 Å². The molecule has 0 atom stereocenters. The van der Waals surface area contributed by atoms with Gasteiger partial charge in [-0.3, -0.25) is 19.8 Å². The first kappa shape index (κ1) is 22.8. The molecule has 1 fully saturated rings. The first-order chi connectivity index (χ1) is 14.8. The molecule has 1 aliphatic rings. The highest BCUT2D eigenvalue weighted by Gasteiger charge is 2.21. The quantitative estimate of drug-likeness (QED) is 0.361. The van der Waals surface area contributed by atoms with Crippen LogP contribution in [0.1, 0.15) is 37.0 Å². The summed E-state index contributed by atoms with van der Waals surface area (Å²) in [6.07, 6.45) is 4.06. The summed E-state index contributed by atoms with van der Waals surface area (Å²) in [5.41, 5.74) is 1.61. The van der Waals surface area contributed by atoms with Gasteiger partial charge < -0.3 is 10.1 Å². The van der Waals surface area contributed by atoms with E-state index in [2.05, 4.69) is 30.1 Å². The number of rotatable bonds is 7. The molecule has 1 N–H and O–H groups in total. The molecule has 1 amide bonds. The number of nitrogens with one attached hydrogen (secondary N) is 1. The second kappa shape index (κ2) is 10.4. The average Bonchev–Trinajstić information content (AvgIpc) is 2.74. The molecule has 0 saturated carbocycles. The Morgan fingerprint density at radius 2 is 1.90 bits per heavy atom. The molecule has 0 spiro atoms. The Morgan fingerprint density at radius 1 is 1.23 bits per heavy atom. The Bertz CT molecular complexity index is 963. The number of allylic oxidation sites excluding steroid dienone is 1. The van der Waals surface area contributed by atoms with Gasteiger partial charge >= 0.3 is 5.69 Å². The van der Waals surface area contributed by atoms with Crippen molar-refractivity contribution in [2.75, 3.05) is 19.6 Å². The molecule has 0 radical (unpaired) electrons. The summed E-state index contributed by atoms with van der Waals surface area (Å²) in [7, 11) is 0. The Hall–Kier alpha value is -2.90. The van der Waals surface area contributed by atoms with Gasteiger partial charge in [0.2, 0.25) is 5.75 Å². The van der Waals surface area contributed by atoms with Gasteiger partial charge in [-0.25, -0.2) is 0 Å². The largest absolute Gasteiger partial charge is 0.450 e. The van der Waals surface area contributed by atoms with Crippen molar-refractivity contribution in [3.8, 4) is 11.5 Å². The number of halogens is 1. The second-order valence-electron chi connectivity index (χ2n) is 7.83. The van der Waals surface area contributed by atoms with Crippen LogP contribution < -0.4 is 10.1 Å². The van der Waals surface area contributed by atoms with Crippen LogP contribution >= 0.6 is 11.6 Å². The summed E-state index contributed by atoms with van der Waals surface area (Å²) >= 11 is 5.83. The first-order valence-corrected chi connectivity index (χ1v) is 10.6. The fraction of sp³-hybridized carbons (Fsp3) is 0.348. The molecule has 0 bridgehead atoms. The SMILES string of the molecule is CC(C)=CCN1CCC(NC(=O)c2ccc(Oc3ccc(Cl)cc3[N+](=O)[O-])cc2)CC1. The van der Waals surface area contributed by atoms with E-state index in [0.717, 1.165) is 32.5 Å². The Kier molecular flexibility index (Phi) is 7.65. The normalized spacial score (nSPS) is 14.7. The summed E-state index contributed by atoms with van der Waals surface area (Å²) in [5.74, 6) is 0.354. The van der Waals surface area contributed by atoms with Gasteiger partial charge in [-0.2, -0.15) is 0 Å².